The van der Waals surface area contributed by atoms with Gasteiger partial charge in [-0.2, -0.15) is 0 Å². The second kappa shape index (κ2) is 16.3. The van der Waals surface area contributed by atoms with Crippen LogP contribution in [0.1, 0.15) is 34.7 Å². The number of rotatable bonds is 6. The zero-order valence-electron chi connectivity index (χ0n) is 39.5. The molecule has 1 atom stereocenters. The number of allylic oxidation sites excluding steroid dienone is 4. The van der Waals surface area contributed by atoms with Gasteiger partial charge in [-0.15, -0.1) is 0 Å². The fourth-order valence-electron chi connectivity index (χ4n) is 11.8. The highest BCUT2D eigenvalue weighted by atomic mass is 14.8. The number of hydrogen-bond acceptors (Lipinski definition) is 6. The van der Waals surface area contributed by atoms with Crippen LogP contribution in [0.25, 0.3) is 110 Å². The van der Waals surface area contributed by atoms with E-state index in [4.69, 9.17) is 29.9 Å². The molecule has 2 aliphatic carbocycles. The molecule has 0 spiro atoms. The topological polar surface area (TPSA) is 77.3 Å². The normalized spacial score (nSPS) is 14.8. The Kier molecular flexibility index (Phi) is 9.20. The van der Waals surface area contributed by atoms with Gasteiger partial charge in [0, 0.05) is 73.0 Å². The van der Waals surface area contributed by atoms with Crippen LogP contribution in [0, 0.1) is 0 Å². The van der Waals surface area contributed by atoms with Gasteiger partial charge in [-0.25, -0.2) is 19.9 Å². The lowest BCUT2D eigenvalue weighted by Crippen LogP contribution is -2.30. The Bertz CT molecular complexity index is 4380. The van der Waals surface area contributed by atoms with Crippen LogP contribution in [0.2, 0.25) is 0 Å². The molecule has 0 saturated heterocycles. The van der Waals surface area contributed by atoms with E-state index >= 15 is 0 Å². The van der Waals surface area contributed by atoms with Crippen LogP contribution in [-0.4, -0.2) is 29.9 Å². The van der Waals surface area contributed by atoms with Crippen molar-refractivity contribution in [3.63, 3.8) is 0 Å². The summed E-state index contributed by atoms with van der Waals surface area (Å²) in [6.45, 7) is 0. The van der Waals surface area contributed by atoms with E-state index < -0.39 is 5.41 Å². The van der Waals surface area contributed by atoms with E-state index in [2.05, 4.69) is 212 Å². The largest absolute Gasteiger partial charge is 0.254 e. The monoisotopic (exact) mass is 930 g/mol. The smallest absolute Gasteiger partial charge is 0.0972 e. The summed E-state index contributed by atoms with van der Waals surface area (Å²) < 4.78 is 0. The van der Waals surface area contributed by atoms with Crippen molar-refractivity contribution in [1.29, 1.82) is 0 Å². The summed E-state index contributed by atoms with van der Waals surface area (Å²) in [4.78, 5) is 31.0. The minimum atomic E-state index is -0.814. The average molecular weight is 931 g/mol. The van der Waals surface area contributed by atoms with Crippen molar-refractivity contribution in [2.45, 2.75) is 17.8 Å². The number of aromatic nitrogens is 6. The van der Waals surface area contributed by atoms with E-state index in [0.717, 1.165) is 117 Å². The molecule has 0 fully saturated rings. The molecule has 1 unspecified atom stereocenters. The number of fused-ring (bicyclic) bond motifs is 11. The molecule has 13 aromatic rings. The van der Waals surface area contributed by atoms with Crippen molar-refractivity contribution in [3.05, 3.63) is 265 Å². The Morgan fingerprint density at radius 1 is 0.384 bits per heavy atom. The molecular formula is C67H42N6. The lowest BCUT2D eigenvalue weighted by molar-refractivity contribution is 0.724. The zero-order valence-corrected chi connectivity index (χ0v) is 39.5. The minimum absolute atomic E-state index is 0.0189. The standard InChI is InChI=1S/C67H42N6/c1-3-17-57-41(9-1)25-31-59(70-57)49-23-29-53-54-30-24-50(60-32-26-42-10-2-4-18-58(42)71-60)40-56(54)67(55(53)39-49,51-15-5-11-47(37-51)61-33-27-45-21-19-43-13-7-35-68-63(43)65(45)72-61)52-16-6-12-48(38-52)62-34-28-46-22-20-44-14-8-36-69-64(44)66(46)73-62/h1-11,13-40,48H,12H2. The summed E-state index contributed by atoms with van der Waals surface area (Å²) in [5, 5.41) is 6.50. The van der Waals surface area contributed by atoms with Crippen molar-refractivity contribution in [3.8, 4) is 44.9 Å². The third kappa shape index (κ3) is 6.57. The van der Waals surface area contributed by atoms with Gasteiger partial charge < -0.3 is 0 Å². The van der Waals surface area contributed by atoms with Gasteiger partial charge in [0.25, 0.3) is 0 Å². The van der Waals surface area contributed by atoms with E-state index in [0.29, 0.717) is 0 Å². The Hall–Kier alpha value is -9.52. The van der Waals surface area contributed by atoms with Gasteiger partial charge in [0.15, 0.2) is 0 Å². The molecule has 0 aliphatic heterocycles. The van der Waals surface area contributed by atoms with E-state index in [1.54, 1.807) is 0 Å². The zero-order chi connectivity index (χ0) is 48.0. The highest BCUT2D eigenvalue weighted by molar-refractivity contribution is 6.04. The lowest BCUT2D eigenvalue weighted by Gasteiger charge is -2.37. The first-order valence-electron chi connectivity index (χ1n) is 24.9. The van der Waals surface area contributed by atoms with Gasteiger partial charge in [-0.1, -0.05) is 158 Å². The molecule has 7 aromatic carbocycles. The van der Waals surface area contributed by atoms with E-state index in [1.165, 1.54) is 27.8 Å². The molecule has 0 radical (unpaired) electrons. The number of hydrogen-bond donors (Lipinski definition) is 0. The first-order valence-corrected chi connectivity index (χ1v) is 24.9. The summed E-state index contributed by atoms with van der Waals surface area (Å²) in [6, 6.07) is 73.8. The van der Waals surface area contributed by atoms with Crippen molar-refractivity contribution in [2.24, 2.45) is 0 Å². The maximum atomic E-state index is 5.46. The third-order valence-electron chi connectivity index (χ3n) is 15.3. The molecule has 0 saturated carbocycles. The van der Waals surface area contributed by atoms with Crippen LogP contribution in [0.3, 0.4) is 0 Å². The van der Waals surface area contributed by atoms with Gasteiger partial charge in [0.05, 0.1) is 55.6 Å². The Morgan fingerprint density at radius 2 is 0.890 bits per heavy atom. The molecule has 6 aromatic heterocycles. The van der Waals surface area contributed by atoms with Crippen LogP contribution in [0.15, 0.2) is 242 Å². The number of benzene rings is 7. The van der Waals surface area contributed by atoms with Gasteiger partial charge in [-0.3, -0.25) is 9.97 Å². The minimum Gasteiger partial charge on any atom is -0.254 e. The molecule has 6 heteroatoms. The SMILES string of the molecule is C1=CC(C2(c3cccc(-c4ccc5ccc6cccnc6c5n4)c3)c3cc(-c4ccc5ccccc5n4)ccc3-c3ccc(-c4ccc5ccccc5n4)cc32)=CC(c2ccc3ccc4cccnc4c3n2)C1. The van der Waals surface area contributed by atoms with Crippen LogP contribution in [0.5, 0.6) is 0 Å². The molecule has 0 amide bonds. The summed E-state index contributed by atoms with van der Waals surface area (Å²) in [7, 11) is 0. The average Bonchev–Trinajstić information content (AvgIpc) is 3.77. The maximum absolute atomic E-state index is 5.46. The Morgan fingerprint density at radius 3 is 1.52 bits per heavy atom. The third-order valence-corrected chi connectivity index (χ3v) is 15.3. The van der Waals surface area contributed by atoms with Crippen molar-refractivity contribution in [1.82, 2.24) is 29.9 Å². The highest BCUT2D eigenvalue weighted by Gasteiger charge is 2.48. The molecule has 0 bridgehead atoms. The summed E-state index contributed by atoms with van der Waals surface area (Å²) in [5.74, 6) is -0.0189. The second-order valence-corrected chi connectivity index (χ2v) is 19.4. The van der Waals surface area contributed by atoms with E-state index in [-0.39, 0.29) is 5.92 Å². The number of para-hydroxylation sites is 2. The van der Waals surface area contributed by atoms with E-state index in [9.17, 15) is 0 Å². The lowest BCUT2D eigenvalue weighted by atomic mass is 9.64. The van der Waals surface area contributed by atoms with Crippen molar-refractivity contribution < 1.29 is 0 Å². The molecule has 6 heterocycles. The Labute approximate surface area is 420 Å². The summed E-state index contributed by atoms with van der Waals surface area (Å²) in [6.07, 6.45) is 11.7. The predicted octanol–water partition coefficient (Wildman–Crippen LogP) is 16.0. The highest BCUT2D eigenvalue weighted by Crippen LogP contribution is 2.59. The van der Waals surface area contributed by atoms with E-state index in [1.807, 2.05) is 24.5 Å². The molecule has 0 N–H and O–H groups in total. The number of nitrogens with zero attached hydrogens (tertiary/aromatic N) is 6. The summed E-state index contributed by atoms with van der Waals surface area (Å²) in [5.41, 5.74) is 18.7. The van der Waals surface area contributed by atoms with Gasteiger partial charge in [0.1, 0.15) is 0 Å². The fourth-order valence-corrected chi connectivity index (χ4v) is 11.8. The predicted molar refractivity (Wildman–Crippen MR) is 297 cm³/mol. The van der Waals surface area contributed by atoms with Crippen LogP contribution in [0.4, 0.5) is 0 Å². The van der Waals surface area contributed by atoms with Crippen molar-refractivity contribution in [2.75, 3.05) is 0 Å². The quantitative estimate of drug-likeness (QED) is 0.155. The van der Waals surface area contributed by atoms with Crippen LogP contribution < -0.4 is 0 Å². The Balaban J connectivity index is 1.00. The summed E-state index contributed by atoms with van der Waals surface area (Å²) >= 11 is 0. The number of pyridine rings is 6. The molecule has 6 nitrogen and oxygen atoms in total. The van der Waals surface area contributed by atoms with Crippen molar-refractivity contribution >= 4 is 65.4 Å². The first kappa shape index (κ1) is 41.3. The molecule has 2 aliphatic rings. The van der Waals surface area contributed by atoms with Crippen LogP contribution in [-0.2, 0) is 5.41 Å². The first-order chi connectivity index (χ1) is 36.1. The van der Waals surface area contributed by atoms with Gasteiger partial charge in [-0.05, 0) is 107 Å². The molecule has 73 heavy (non-hydrogen) atoms. The molecular weight excluding hydrogens is 889 g/mol. The second-order valence-electron chi connectivity index (χ2n) is 19.4. The fraction of sp³-hybridized carbons (Fsp3) is 0.0448. The molecule has 340 valence electrons. The molecule has 15 rings (SSSR count). The van der Waals surface area contributed by atoms with Gasteiger partial charge >= 0.3 is 0 Å². The van der Waals surface area contributed by atoms with Gasteiger partial charge in [0.2, 0.25) is 0 Å². The van der Waals surface area contributed by atoms with Crippen LogP contribution >= 0.6 is 0 Å². The maximum Gasteiger partial charge on any atom is 0.0972 e.